The van der Waals surface area contributed by atoms with Crippen LogP contribution in [-0.2, 0) is 11.8 Å². The van der Waals surface area contributed by atoms with E-state index in [9.17, 15) is 22.8 Å². The topological polar surface area (TPSA) is 60.3 Å². The molecule has 0 aliphatic rings. The summed E-state index contributed by atoms with van der Waals surface area (Å²) in [5, 5.41) is 2.49. The molecule has 0 spiro atoms. The Labute approximate surface area is 113 Å². The number of carbonyl (C=O) groups is 1. The summed E-state index contributed by atoms with van der Waals surface area (Å²) < 4.78 is 41.0. The van der Waals surface area contributed by atoms with Gasteiger partial charge in [-0.15, -0.1) is 0 Å². The third-order valence-electron chi connectivity index (χ3n) is 2.38. The molecular formula is C12H15F3N2O3. The number of alkyl halides is 3. The van der Waals surface area contributed by atoms with E-state index in [4.69, 9.17) is 0 Å². The first-order valence-electron chi connectivity index (χ1n) is 5.89. The standard InChI is InChI=1S/C12H15F3N2O3/c1-17-5-3-9(7-10(17)18)11(19)16-4-2-6-20-8-12(13,14)15/h3,5,7H,2,4,6,8H2,1H3,(H,16,19). The number of halogens is 3. The number of aryl methyl sites for hydroxylation is 1. The van der Waals surface area contributed by atoms with E-state index in [0.29, 0.717) is 0 Å². The Morgan fingerprint density at radius 2 is 2.15 bits per heavy atom. The van der Waals surface area contributed by atoms with Gasteiger partial charge < -0.3 is 14.6 Å². The van der Waals surface area contributed by atoms with Gasteiger partial charge in [0.25, 0.3) is 11.5 Å². The number of aromatic nitrogens is 1. The van der Waals surface area contributed by atoms with Crippen molar-refractivity contribution in [2.75, 3.05) is 19.8 Å². The molecule has 0 saturated heterocycles. The second-order valence-corrected chi connectivity index (χ2v) is 4.14. The number of carbonyl (C=O) groups excluding carboxylic acids is 1. The number of nitrogens with zero attached hydrogens (tertiary/aromatic N) is 1. The Morgan fingerprint density at radius 3 is 2.75 bits per heavy atom. The fraction of sp³-hybridized carbons (Fsp3) is 0.500. The number of ether oxygens (including phenoxy) is 1. The zero-order chi connectivity index (χ0) is 15.2. The van der Waals surface area contributed by atoms with Crippen molar-refractivity contribution in [3.05, 3.63) is 34.2 Å². The predicted octanol–water partition coefficient (Wildman–Crippen LogP) is 1.08. The molecule has 0 aliphatic heterocycles. The van der Waals surface area contributed by atoms with Gasteiger partial charge in [0.05, 0.1) is 0 Å². The average Bonchev–Trinajstić information content (AvgIpc) is 2.35. The number of hydrogen-bond acceptors (Lipinski definition) is 3. The highest BCUT2D eigenvalue weighted by molar-refractivity contribution is 5.93. The Balaban J connectivity index is 2.27. The van der Waals surface area contributed by atoms with Crippen LogP contribution >= 0.6 is 0 Å². The first-order chi connectivity index (χ1) is 9.29. The minimum atomic E-state index is -4.34. The smallest absolute Gasteiger partial charge is 0.372 e. The number of rotatable bonds is 6. The van der Waals surface area contributed by atoms with E-state index in [1.807, 2.05) is 0 Å². The number of hydrogen-bond donors (Lipinski definition) is 1. The molecule has 0 bridgehead atoms. The van der Waals surface area contributed by atoms with Gasteiger partial charge in [-0.1, -0.05) is 0 Å². The van der Waals surface area contributed by atoms with Crippen LogP contribution in [0, 0.1) is 0 Å². The van der Waals surface area contributed by atoms with Crippen molar-refractivity contribution in [1.82, 2.24) is 9.88 Å². The first-order valence-corrected chi connectivity index (χ1v) is 5.89. The van der Waals surface area contributed by atoms with E-state index in [0.717, 1.165) is 0 Å². The van der Waals surface area contributed by atoms with E-state index < -0.39 is 18.7 Å². The Bertz CT molecular complexity index is 511. The lowest BCUT2D eigenvalue weighted by Crippen LogP contribution is -2.28. The molecule has 1 aromatic heterocycles. The average molecular weight is 292 g/mol. The number of pyridine rings is 1. The summed E-state index contributed by atoms with van der Waals surface area (Å²) >= 11 is 0. The molecule has 0 aliphatic carbocycles. The number of nitrogens with one attached hydrogen (secondary N) is 1. The molecule has 1 N–H and O–H groups in total. The molecule has 1 aromatic rings. The SMILES string of the molecule is Cn1ccc(C(=O)NCCCOCC(F)(F)F)cc1=O. The van der Waals surface area contributed by atoms with Crippen molar-refractivity contribution < 1.29 is 22.7 Å². The Hall–Kier alpha value is -1.83. The zero-order valence-corrected chi connectivity index (χ0v) is 10.9. The van der Waals surface area contributed by atoms with Gasteiger partial charge in [0.1, 0.15) is 6.61 Å². The Kier molecular flexibility index (Phi) is 5.75. The largest absolute Gasteiger partial charge is 0.411 e. The van der Waals surface area contributed by atoms with Gasteiger partial charge >= 0.3 is 6.18 Å². The molecule has 0 aromatic carbocycles. The highest BCUT2D eigenvalue weighted by atomic mass is 19.4. The van der Waals surface area contributed by atoms with E-state index in [1.54, 1.807) is 7.05 Å². The van der Waals surface area contributed by atoms with E-state index in [-0.39, 0.29) is 30.7 Å². The van der Waals surface area contributed by atoms with Crippen LogP contribution in [0.15, 0.2) is 23.1 Å². The van der Waals surface area contributed by atoms with Gasteiger partial charge in [0, 0.05) is 38.0 Å². The molecule has 0 fully saturated rings. The van der Waals surface area contributed by atoms with Crippen LogP contribution in [0.5, 0.6) is 0 Å². The van der Waals surface area contributed by atoms with Crippen LogP contribution in [0.3, 0.4) is 0 Å². The maximum atomic E-state index is 11.8. The zero-order valence-electron chi connectivity index (χ0n) is 10.9. The maximum Gasteiger partial charge on any atom is 0.411 e. The monoisotopic (exact) mass is 292 g/mol. The summed E-state index contributed by atoms with van der Waals surface area (Å²) in [6.07, 6.45) is -2.62. The summed E-state index contributed by atoms with van der Waals surface area (Å²) in [4.78, 5) is 22.9. The van der Waals surface area contributed by atoms with Gasteiger partial charge in [-0.3, -0.25) is 9.59 Å². The fourth-order valence-corrected chi connectivity index (χ4v) is 1.36. The van der Waals surface area contributed by atoms with Gasteiger partial charge in [0.15, 0.2) is 0 Å². The third kappa shape index (κ3) is 5.87. The molecule has 112 valence electrons. The molecule has 0 atom stereocenters. The third-order valence-corrected chi connectivity index (χ3v) is 2.38. The molecule has 20 heavy (non-hydrogen) atoms. The van der Waals surface area contributed by atoms with Crippen molar-refractivity contribution in [3.8, 4) is 0 Å². The molecule has 5 nitrogen and oxygen atoms in total. The van der Waals surface area contributed by atoms with Gasteiger partial charge in [-0.25, -0.2) is 0 Å². The van der Waals surface area contributed by atoms with Crippen LogP contribution in [0.1, 0.15) is 16.8 Å². The van der Waals surface area contributed by atoms with Crippen molar-refractivity contribution in [3.63, 3.8) is 0 Å². The lowest BCUT2D eigenvalue weighted by atomic mass is 10.2. The highest BCUT2D eigenvalue weighted by Crippen LogP contribution is 2.14. The minimum absolute atomic E-state index is 0.101. The van der Waals surface area contributed by atoms with Gasteiger partial charge in [-0.2, -0.15) is 13.2 Å². The van der Waals surface area contributed by atoms with E-state index in [1.165, 1.54) is 22.9 Å². The molecule has 0 radical (unpaired) electrons. The maximum absolute atomic E-state index is 11.8. The highest BCUT2D eigenvalue weighted by Gasteiger charge is 2.27. The molecule has 8 heteroatoms. The molecule has 0 unspecified atom stereocenters. The van der Waals surface area contributed by atoms with Gasteiger partial charge in [0.2, 0.25) is 0 Å². The van der Waals surface area contributed by atoms with Crippen LogP contribution in [0.4, 0.5) is 13.2 Å². The molecular weight excluding hydrogens is 277 g/mol. The van der Waals surface area contributed by atoms with Crippen LogP contribution in [0.2, 0.25) is 0 Å². The summed E-state index contributed by atoms with van der Waals surface area (Å²) in [6.45, 7) is -1.22. The lowest BCUT2D eigenvalue weighted by Gasteiger charge is -2.08. The van der Waals surface area contributed by atoms with Crippen LogP contribution in [0.25, 0.3) is 0 Å². The van der Waals surface area contributed by atoms with Crippen molar-refractivity contribution in [2.45, 2.75) is 12.6 Å². The summed E-state index contributed by atoms with van der Waals surface area (Å²) in [6, 6.07) is 2.67. The van der Waals surface area contributed by atoms with Crippen LogP contribution in [-0.4, -0.2) is 36.4 Å². The predicted molar refractivity (Wildman–Crippen MR) is 65.5 cm³/mol. The van der Waals surface area contributed by atoms with Crippen molar-refractivity contribution >= 4 is 5.91 Å². The Morgan fingerprint density at radius 1 is 1.45 bits per heavy atom. The van der Waals surface area contributed by atoms with Crippen LogP contribution < -0.4 is 10.9 Å². The minimum Gasteiger partial charge on any atom is -0.372 e. The molecule has 1 heterocycles. The first kappa shape index (κ1) is 16.2. The van der Waals surface area contributed by atoms with E-state index >= 15 is 0 Å². The fourth-order valence-electron chi connectivity index (χ4n) is 1.36. The summed E-state index contributed by atoms with van der Waals surface area (Å²) in [7, 11) is 1.56. The number of amides is 1. The second-order valence-electron chi connectivity index (χ2n) is 4.14. The summed E-state index contributed by atoms with van der Waals surface area (Å²) in [5.41, 5.74) is -0.101. The quantitative estimate of drug-likeness (QED) is 0.798. The lowest BCUT2D eigenvalue weighted by molar-refractivity contribution is -0.173. The molecule has 1 amide bonds. The van der Waals surface area contributed by atoms with Crippen molar-refractivity contribution in [2.24, 2.45) is 7.05 Å². The molecule has 0 saturated carbocycles. The van der Waals surface area contributed by atoms with Gasteiger partial charge in [-0.05, 0) is 12.5 Å². The molecule has 1 rings (SSSR count). The summed E-state index contributed by atoms with van der Waals surface area (Å²) in [5.74, 6) is -0.446. The normalized spacial score (nSPS) is 11.4. The van der Waals surface area contributed by atoms with Crippen molar-refractivity contribution in [1.29, 1.82) is 0 Å². The van der Waals surface area contributed by atoms with E-state index in [2.05, 4.69) is 10.1 Å². The second kappa shape index (κ2) is 7.09.